The molecule has 6 heteroatoms. The molecule has 0 bridgehead atoms. The Morgan fingerprint density at radius 1 is 1.08 bits per heavy atom. The van der Waals surface area contributed by atoms with Crippen LogP contribution in [-0.2, 0) is 19.0 Å². The van der Waals surface area contributed by atoms with Crippen LogP contribution in [0.4, 0.5) is 0 Å². The van der Waals surface area contributed by atoms with E-state index in [0.29, 0.717) is 32.8 Å². The summed E-state index contributed by atoms with van der Waals surface area (Å²) in [4.78, 5) is 11.3. The van der Waals surface area contributed by atoms with E-state index < -0.39 is 22.5 Å². The summed E-state index contributed by atoms with van der Waals surface area (Å²) in [6.07, 6.45) is 9.10. The van der Waals surface area contributed by atoms with Gasteiger partial charge in [-0.1, -0.05) is 78.4 Å². The van der Waals surface area contributed by atoms with Crippen LogP contribution in [0.1, 0.15) is 104 Å². The van der Waals surface area contributed by atoms with E-state index in [9.17, 15) is 9.90 Å². The molecule has 36 heavy (non-hydrogen) atoms. The predicted molar refractivity (Wildman–Crippen MR) is 143 cm³/mol. The van der Waals surface area contributed by atoms with Crippen LogP contribution < -0.4 is 4.74 Å². The van der Waals surface area contributed by atoms with Crippen LogP contribution in [0.3, 0.4) is 0 Å². The summed E-state index contributed by atoms with van der Waals surface area (Å²) in [6.45, 7) is 12.3. The maximum absolute atomic E-state index is 12.2. The normalized spacial score (nSPS) is 21.5. The number of hydrogen-bond acceptors (Lipinski definition) is 6. The zero-order chi connectivity index (χ0) is 26.7. The van der Waals surface area contributed by atoms with Crippen molar-refractivity contribution in [2.24, 2.45) is 10.8 Å². The van der Waals surface area contributed by atoms with Gasteiger partial charge in [0.25, 0.3) is 0 Å². The van der Waals surface area contributed by atoms with Gasteiger partial charge in [-0.15, -0.1) is 0 Å². The van der Waals surface area contributed by atoms with Crippen LogP contribution >= 0.6 is 0 Å². The molecule has 206 valence electrons. The number of hydrogen-bond donors (Lipinski definition) is 1. The summed E-state index contributed by atoms with van der Waals surface area (Å²) in [7, 11) is 1.65. The number of rotatable bonds is 17. The van der Waals surface area contributed by atoms with Gasteiger partial charge in [0.15, 0.2) is 0 Å². The lowest BCUT2D eigenvalue weighted by atomic mass is 9.59. The van der Waals surface area contributed by atoms with E-state index in [1.165, 1.54) is 25.7 Å². The molecule has 0 aliphatic carbocycles. The highest BCUT2D eigenvalue weighted by Crippen LogP contribution is 2.57. The van der Waals surface area contributed by atoms with Gasteiger partial charge >= 0.3 is 5.97 Å². The molecule has 2 rings (SSSR count). The largest absolute Gasteiger partial charge is 0.497 e. The topological polar surface area (TPSA) is 74.2 Å². The number of methoxy groups -OCH3 is 1. The first-order chi connectivity index (χ1) is 17.1. The van der Waals surface area contributed by atoms with Crippen LogP contribution in [-0.4, -0.2) is 50.2 Å². The van der Waals surface area contributed by atoms with Crippen molar-refractivity contribution in [2.75, 3.05) is 33.5 Å². The zero-order valence-corrected chi connectivity index (χ0v) is 23.6. The average Bonchev–Trinajstić information content (AvgIpc) is 3.10. The number of carbonyl (C=O) groups is 1. The Balaban J connectivity index is 1.72. The van der Waals surface area contributed by atoms with Gasteiger partial charge in [-0.05, 0) is 37.5 Å². The van der Waals surface area contributed by atoms with Crippen LogP contribution in [0.5, 0.6) is 5.75 Å². The third-order valence-corrected chi connectivity index (χ3v) is 7.64. The Labute approximate surface area is 219 Å². The number of carbonyl (C=O) groups excluding carboxylic acids is 1. The van der Waals surface area contributed by atoms with Crippen molar-refractivity contribution < 1.29 is 28.8 Å². The molecule has 1 aromatic carbocycles. The number of esters is 1. The van der Waals surface area contributed by atoms with Gasteiger partial charge in [0.1, 0.15) is 17.5 Å². The van der Waals surface area contributed by atoms with E-state index in [1.807, 2.05) is 31.2 Å². The first kappa shape index (κ1) is 30.6. The van der Waals surface area contributed by atoms with Gasteiger partial charge in [0.2, 0.25) is 0 Å². The minimum atomic E-state index is -1.10. The molecule has 0 amide bonds. The molecule has 0 spiro atoms. The van der Waals surface area contributed by atoms with E-state index in [-0.39, 0.29) is 5.97 Å². The molecular formula is C30H50O6. The number of unbranched alkanes of at least 4 members (excludes halogenated alkanes) is 7. The van der Waals surface area contributed by atoms with E-state index in [0.717, 1.165) is 37.0 Å². The second-order valence-electron chi connectivity index (χ2n) is 11.4. The Hall–Kier alpha value is -1.63. The second kappa shape index (κ2) is 14.3. The van der Waals surface area contributed by atoms with E-state index >= 15 is 0 Å². The predicted octanol–water partition coefficient (Wildman–Crippen LogP) is 6.64. The van der Waals surface area contributed by atoms with E-state index in [2.05, 4.69) is 27.7 Å². The minimum absolute atomic E-state index is 0.0763. The Morgan fingerprint density at radius 3 is 2.36 bits per heavy atom. The highest BCUT2D eigenvalue weighted by molar-refractivity contribution is 5.69. The van der Waals surface area contributed by atoms with Gasteiger partial charge in [0.05, 0.1) is 26.9 Å². The third kappa shape index (κ3) is 7.93. The summed E-state index contributed by atoms with van der Waals surface area (Å²) in [5.74, 6) is 0.682. The van der Waals surface area contributed by atoms with Gasteiger partial charge in [-0.3, -0.25) is 4.79 Å². The summed E-state index contributed by atoms with van der Waals surface area (Å²) >= 11 is 0. The quantitative estimate of drug-likeness (QED) is 0.189. The molecule has 1 fully saturated rings. The van der Waals surface area contributed by atoms with E-state index in [1.54, 1.807) is 7.11 Å². The van der Waals surface area contributed by atoms with Gasteiger partial charge < -0.3 is 24.1 Å². The molecule has 2 unspecified atom stereocenters. The molecule has 2 atom stereocenters. The fourth-order valence-electron chi connectivity index (χ4n) is 5.49. The molecular weight excluding hydrogens is 456 g/mol. The fourth-order valence-corrected chi connectivity index (χ4v) is 5.49. The highest BCUT2D eigenvalue weighted by atomic mass is 16.5. The molecule has 0 saturated carbocycles. The molecule has 1 aromatic rings. The number of ether oxygens (including phenoxy) is 4. The van der Waals surface area contributed by atoms with Crippen molar-refractivity contribution in [1.29, 1.82) is 0 Å². The average molecular weight is 507 g/mol. The number of benzene rings is 1. The lowest BCUT2D eigenvalue weighted by molar-refractivity contribution is -0.177. The molecule has 1 heterocycles. The van der Waals surface area contributed by atoms with Crippen molar-refractivity contribution in [3.8, 4) is 5.75 Å². The first-order valence-corrected chi connectivity index (χ1v) is 13.8. The van der Waals surface area contributed by atoms with Crippen molar-refractivity contribution >= 4 is 5.97 Å². The molecule has 1 N–H and O–H groups in total. The van der Waals surface area contributed by atoms with Crippen LogP contribution in [0.2, 0.25) is 0 Å². The third-order valence-electron chi connectivity index (χ3n) is 7.64. The maximum atomic E-state index is 12.2. The lowest BCUT2D eigenvalue weighted by Gasteiger charge is -2.49. The van der Waals surface area contributed by atoms with Gasteiger partial charge in [-0.25, -0.2) is 0 Å². The number of aliphatic hydroxyl groups is 1. The molecule has 0 aromatic heterocycles. The second-order valence-corrected chi connectivity index (χ2v) is 11.4. The summed E-state index contributed by atoms with van der Waals surface area (Å²) in [5, 5.41) is 12.2. The van der Waals surface area contributed by atoms with Gasteiger partial charge in [-0.2, -0.15) is 0 Å². The monoisotopic (exact) mass is 506 g/mol. The first-order valence-electron chi connectivity index (χ1n) is 13.8. The zero-order valence-electron chi connectivity index (χ0n) is 23.6. The van der Waals surface area contributed by atoms with Crippen LogP contribution in [0.25, 0.3) is 0 Å². The summed E-state index contributed by atoms with van der Waals surface area (Å²) in [6, 6.07) is 7.80. The van der Waals surface area contributed by atoms with Crippen molar-refractivity contribution in [3.63, 3.8) is 0 Å². The Kier molecular flexibility index (Phi) is 12.2. The maximum Gasteiger partial charge on any atom is 0.305 e. The Bertz CT molecular complexity index is 789. The lowest BCUT2D eigenvalue weighted by Crippen LogP contribution is -2.57. The Morgan fingerprint density at radius 2 is 1.72 bits per heavy atom. The smallest absolute Gasteiger partial charge is 0.305 e. The molecule has 0 radical (unpaired) electrons. The highest BCUT2D eigenvalue weighted by Gasteiger charge is 2.63. The van der Waals surface area contributed by atoms with Gasteiger partial charge in [0, 0.05) is 23.9 Å². The van der Waals surface area contributed by atoms with Crippen LogP contribution in [0, 0.1) is 10.8 Å². The summed E-state index contributed by atoms with van der Waals surface area (Å²) < 4.78 is 22.7. The van der Waals surface area contributed by atoms with Crippen LogP contribution in [0.15, 0.2) is 24.3 Å². The minimum Gasteiger partial charge on any atom is -0.497 e. The van der Waals surface area contributed by atoms with Crippen molar-refractivity contribution in [3.05, 3.63) is 29.8 Å². The molecule has 6 nitrogen and oxygen atoms in total. The summed E-state index contributed by atoms with van der Waals surface area (Å²) in [5.41, 5.74) is -1.11. The van der Waals surface area contributed by atoms with Crippen molar-refractivity contribution in [2.45, 2.75) is 104 Å². The molecule has 1 saturated heterocycles. The fraction of sp³-hybridized carbons (Fsp3) is 0.767. The SMILES string of the molecule is CCOC(=O)CCCCCCCCCCOCC(C)(C)C1(O)C(c2cccc(OC)c2)OCC1(C)C. The standard InChI is InChI=1S/C30H50O6/c1-7-35-26(31)19-14-12-10-8-9-11-13-15-20-34-22-28(2,3)30(32)27(36-23-29(30,4)5)24-17-16-18-25(21-24)33-6/h16-18,21,27,32H,7-15,19-20,22-23H2,1-6H3. The molecule has 1 aliphatic rings. The van der Waals surface area contributed by atoms with E-state index in [4.69, 9.17) is 18.9 Å². The molecule has 1 aliphatic heterocycles. The van der Waals surface area contributed by atoms with Crippen molar-refractivity contribution in [1.82, 2.24) is 0 Å².